The molecule has 2 saturated heterocycles. The highest BCUT2D eigenvalue weighted by Gasteiger charge is 2.56. The van der Waals surface area contributed by atoms with Crippen LogP contribution in [-0.4, -0.2) is 72.5 Å². The predicted molar refractivity (Wildman–Crippen MR) is 132 cm³/mol. The molecular weight excluding hydrogens is 424 g/mol. The lowest BCUT2D eigenvalue weighted by atomic mass is 9.76. The normalized spacial score (nSPS) is 20.0. The van der Waals surface area contributed by atoms with Gasteiger partial charge in [-0.3, -0.25) is 9.69 Å². The van der Waals surface area contributed by atoms with E-state index in [4.69, 9.17) is 0 Å². The molecule has 0 bridgehead atoms. The fraction of sp³-hybridized carbons (Fsp3) is 0.286. The summed E-state index contributed by atoms with van der Waals surface area (Å²) in [5.41, 5.74) is 2.88. The van der Waals surface area contributed by atoms with Gasteiger partial charge in [0.05, 0.1) is 5.54 Å². The maximum Gasteiger partial charge on any atom is 0.317 e. The highest BCUT2D eigenvalue weighted by atomic mass is 16.2. The van der Waals surface area contributed by atoms with Crippen LogP contribution in [0, 0.1) is 0 Å². The summed E-state index contributed by atoms with van der Waals surface area (Å²) in [5, 5.41) is 2.67. The quantitative estimate of drug-likeness (QED) is 0.476. The summed E-state index contributed by atoms with van der Waals surface area (Å²) in [7, 11) is 1.64. The molecule has 0 saturated carbocycles. The third kappa shape index (κ3) is 3.84. The van der Waals surface area contributed by atoms with Gasteiger partial charge < -0.3 is 15.1 Å². The van der Waals surface area contributed by atoms with Crippen LogP contribution in [0.5, 0.6) is 0 Å². The second-order valence-corrected chi connectivity index (χ2v) is 8.84. The molecule has 6 heteroatoms. The summed E-state index contributed by atoms with van der Waals surface area (Å²) >= 11 is 0. The molecule has 2 heterocycles. The first-order valence-corrected chi connectivity index (χ1v) is 11.8. The number of urea groups is 1. The second-order valence-electron chi connectivity index (χ2n) is 8.84. The van der Waals surface area contributed by atoms with Crippen molar-refractivity contribution in [3.63, 3.8) is 0 Å². The summed E-state index contributed by atoms with van der Waals surface area (Å²) < 4.78 is 0. The molecule has 2 aliphatic rings. The maximum absolute atomic E-state index is 13.6. The van der Waals surface area contributed by atoms with Crippen molar-refractivity contribution >= 4 is 11.9 Å². The van der Waals surface area contributed by atoms with Crippen molar-refractivity contribution < 1.29 is 9.59 Å². The Kier molecular flexibility index (Phi) is 6.07. The zero-order valence-electron chi connectivity index (χ0n) is 19.4. The molecule has 2 aliphatic heterocycles. The van der Waals surface area contributed by atoms with E-state index in [2.05, 4.69) is 83.0 Å². The van der Waals surface area contributed by atoms with Crippen molar-refractivity contribution in [2.75, 3.05) is 39.8 Å². The molecule has 3 amide bonds. The third-order valence-corrected chi connectivity index (χ3v) is 7.00. The Morgan fingerprint density at radius 3 is 1.53 bits per heavy atom. The van der Waals surface area contributed by atoms with Crippen LogP contribution in [0.2, 0.25) is 0 Å². The lowest BCUT2D eigenvalue weighted by molar-refractivity contribution is -0.133. The number of carbonyl (C=O) groups excluding carboxylic acids is 2. The van der Waals surface area contributed by atoms with E-state index in [0.29, 0.717) is 32.7 Å². The first-order chi connectivity index (χ1) is 16.7. The number of amides is 3. The van der Waals surface area contributed by atoms with E-state index < -0.39 is 5.54 Å². The van der Waals surface area contributed by atoms with Crippen LogP contribution in [0.15, 0.2) is 91.0 Å². The van der Waals surface area contributed by atoms with Gasteiger partial charge in [0.15, 0.2) is 0 Å². The van der Waals surface area contributed by atoms with E-state index in [0.717, 1.165) is 16.7 Å². The Morgan fingerprint density at radius 2 is 1.12 bits per heavy atom. The van der Waals surface area contributed by atoms with Crippen LogP contribution in [0.3, 0.4) is 0 Å². The number of carbonyl (C=O) groups is 2. The van der Waals surface area contributed by atoms with Crippen molar-refractivity contribution in [2.24, 2.45) is 0 Å². The predicted octanol–water partition coefficient (Wildman–Crippen LogP) is 3.15. The molecule has 1 N–H and O–H groups in total. The van der Waals surface area contributed by atoms with Gasteiger partial charge in [-0.2, -0.15) is 0 Å². The SMILES string of the molecule is CNC(=O)N1CCN(C(=O)C2C[N@@]2C(c2ccccc2)(c2ccccc2)c2ccccc2)CC1. The Hall–Kier alpha value is -3.64. The molecule has 6 nitrogen and oxygen atoms in total. The Labute approximate surface area is 200 Å². The minimum absolute atomic E-state index is 0.0867. The number of nitrogens with one attached hydrogen (secondary N) is 1. The molecule has 3 aromatic carbocycles. The summed E-state index contributed by atoms with van der Waals surface area (Å²) in [6, 6.07) is 31.1. The molecule has 0 radical (unpaired) electrons. The fourth-order valence-electron chi connectivity index (χ4n) is 5.26. The van der Waals surface area contributed by atoms with Crippen molar-refractivity contribution in [3.05, 3.63) is 108 Å². The van der Waals surface area contributed by atoms with Gasteiger partial charge in [0.25, 0.3) is 0 Å². The van der Waals surface area contributed by atoms with Gasteiger partial charge >= 0.3 is 6.03 Å². The molecule has 34 heavy (non-hydrogen) atoms. The Morgan fingerprint density at radius 1 is 0.706 bits per heavy atom. The van der Waals surface area contributed by atoms with Crippen molar-refractivity contribution in [3.8, 4) is 0 Å². The lowest BCUT2D eigenvalue weighted by Crippen LogP contribution is -2.54. The van der Waals surface area contributed by atoms with Crippen LogP contribution in [0.1, 0.15) is 16.7 Å². The van der Waals surface area contributed by atoms with Gasteiger partial charge in [-0.05, 0) is 16.7 Å². The largest absolute Gasteiger partial charge is 0.341 e. The first kappa shape index (κ1) is 22.2. The van der Waals surface area contributed by atoms with Crippen molar-refractivity contribution in [1.29, 1.82) is 0 Å². The molecule has 3 aromatic rings. The van der Waals surface area contributed by atoms with Gasteiger partial charge in [-0.25, -0.2) is 4.79 Å². The number of hydrogen-bond donors (Lipinski definition) is 1. The van der Waals surface area contributed by atoms with Gasteiger partial charge in [-0.15, -0.1) is 0 Å². The average Bonchev–Trinajstić information content (AvgIpc) is 3.71. The van der Waals surface area contributed by atoms with Crippen LogP contribution in [-0.2, 0) is 10.3 Å². The third-order valence-electron chi connectivity index (χ3n) is 7.00. The highest BCUT2D eigenvalue weighted by molar-refractivity contribution is 5.86. The maximum atomic E-state index is 13.6. The van der Waals surface area contributed by atoms with Crippen LogP contribution in [0.4, 0.5) is 4.79 Å². The number of piperazine rings is 1. The zero-order valence-corrected chi connectivity index (χ0v) is 19.4. The van der Waals surface area contributed by atoms with Crippen LogP contribution < -0.4 is 5.32 Å². The molecular formula is C28H30N4O2. The smallest absolute Gasteiger partial charge is 0.317 e. The number of benzene rings is 3. The second kappa shape index (κ2) is 9.31. The first-order valence-electron chi connectivity index (χ1n) is 11.8. The molecule has 0 spiro atoms. The van der Waals surface area contributed by atoms with Gasteiger partial charge in [0.2, 0.25) is 5.91 Å². The minimum atomic E-state index is -0.561. The van der Waals surface area contributed by atoms with Gasteiger partial charge in [0.1, 0.15) is 6.04 Å². The molecule has 2 fully saturated rings. The Balaban J connectivity index is 1.50. The average molecular weight is 455 g/mol. The van der Waals surface area contributed by atoms with E-state index in [-0.39, 0.29) is 18.0 Å². The van der Waals surface area contributed by atoms with E-state index in [1.54, 1.807) is 11.9 Å². The highest BCUT2D eigenvalue weighted by Crippen LogP contribution is 2.48. The number of nitrogens with zero attached hydrogens (tertiary/aromatic N) is 3. The fourth-order valence-corrected chi connectivity index (χ4v) is 5.26. The number of rotatable bonds is 5. The minimum Gasteiger partial charge on any atom is -0.341 e. The zero-order chi connectivity index (χ0) is 23.5. The molecule has 2 atom stereocenters. The summed E-state index contributed by atoms with van der Waals surface area (Å²) in [4.78, 5) is 31.6. The summed E-state index contributed by atoms with van der Waals surface area (Å²) in [5.74, 6) is 0.142. The van der Waals surface area contributed by atoms with Crippen molar-refractivity contribution in [2.45, 2.75) is 11.6 Å². The number of hydrogen-bond acceptors (Lipinski definition) is 3. The topological polar surface area (TPSA) is 55.7 Å². The molecule has 5 rings (SSSR count). The van der Waals surface area contributed by atoms with Gasteiger partial charge in [0, 0.05) is 39.8 Å². The van der Waals surface area contributed by atoms with E-state index in [1.807, 2.05) is 23.1 Å². The molecule has 174 valence electrons. The standard InChI is InChI=1S/C28H30N4O2/c1-29-27(34)31-19-17-30(18-20-31)26(33)25-21-32(25)28(22-11-5-2-6-12-22,23-13-7-3-8-14-23)24-15-9-4-10-16-24/h2-16,25H,17-21H2,1H3,(H,29,34)/t25?,32-/m1/s1. The van der Waals surface area contributed by atoms with Crippen LogP contribution in [0.25, 0.3) is 0 Å². The van der Waals surface area contributed by atoms with E-state index >= 15 is 0 Å². The molecule has 0 aromatic heterocycles. The summed E-state index contributed by atoms with van der Waals surface area (Å²) in [6.45, 7) is 2.92. The monoisotopic (exact) mass is 454 g/mol. The van der Waals surface area contributed by atoms with E-state index in [1.165, 1.54) is 0 Å². The Bertz CT molecular complexity index is 1030. The van der Waals surface area contributed by atoms with Crippen LogP contribution >= 0.6 is 0 Å². The van der Waals surface area contributed by atoms with Crippen molar-refractivity contribution in [1.82, 2.24) is 20.0 Å². The van der Waals surface area contributed by atoms with E-state index in [9.17, 15) is 9.59 Å². The summed E-state index contributed by atoms with van der Waals surface area (Å²) in [6.07, 6.45) is 0. The molecule has 0 aliphatic carbocycles. The van der Waals surface area contributed by atoms with Gasteiger partial charge in [-0.1, -0.05) is 91.0 Å². The lowest BCUT2D eigenvalue weighted by Gasteiger charge is -2.39. The molecule has 1 unspecified atom stereocenters.